The second kappa shape index (κ2) is 38.9. The van der Waals surface area contributed by atoms with E-state index >= 15 is 0 Å². The number of amides is 10. The number of carboxylic acid groups (broad SMARTS) is 2. The van der Waals surface area contributed by atoms with Crippen molar-refractivity contribution >= 4 is 82.8 Å². The number of nitrogens with zero attached hydrogens (tertiary/aromatic N) is 1. The zero-order valence-electron chi connectivity index (χ0n) is 48.4. The molecule has 2 aromatic rings. The lowest BCUT2D eigenvalue weighted by molar-refractivity contribution is -0.192. The van der Waals surface area contributed by atoms with Crippen LogP contribution in [0.5, 0.6) is 0 Å². The van der Waals surface area contributed by atoms with Crippen LogP contribution in [-0.2, 0) is 70.4 Å². The van der Waals surface area contributed by atoms with Crippen molar-refractivity contribution in [3.8, 4) is 0 Å². The Labute approximate surface area is 497 Å². The zero-order chi connectivity index (χ0) is 65.4. The molecule has 1 aromatic carbocycles. The molecule has 482 valence electrons. The van der Waals surface area contributed by atoms with Crippen molar-refractivity contribution in [2.45, 2.75) is 153 Å². The number of halogens is 3. The van der Waals surface area contributed by atoms with Crippen LogP contribution in [0.25, 0.3) is 0 Å². The first-order valence-electron chi connectivity index (χ1n) is 27.0. The third kappa shape index (κ3) is 29.2. The smallest absolute Gasteiger partial charge is 0.481 e. The van der Waals surface area contributed by atoms with Crippen LogP contribution in [0, 0.1) is 11.8 Å². The number of thioether (sulfide) groups is 1. The molecule has 0 radical (unpaired) electrons. The average molecular weight is 1250 g/mol. The summed E-state index contributed by atoms with van der Waals surface area (Å²) in [7, 11) is 0. The van der Waals surface area contributed by atoms with Crippen LogP contribution in [0.15, 0.2) is 42.9 Å². The van der Waals surface area contributed by atoms with E-state index in [0.29, 0.717) is 29.9 Å². The summed E-state index contributed by atoms with van der Waals surface area (Å²) in [5.41, 5.74) is 18.2. The average Bonchev–Trinajstić information content (AvgIpc) is 4.03. The van der Waals surface area contributed by atoms with Gasteiger partial charge in [-0.25, -0.2) is 9.78 Å². The van der Waals surface area contributed by atoms with Crippen LogP contribution in [0.1, 0.15) is 84.4 Å². The molecule has 1 heterocycles. The van der Waals surface area contributed by atoms with Crippen LogP contribution in [0.3, 0.4) is 0 Å². The lowest BCUT2D eigenvalue weighted by atomic mass is 10.0. The quantitative estimate of drug-likeness (QED) is 0.0287. The number of hydrogen-bond donors (Lipinski definition) is 17. The van der Waals surface area contributed by atoms with Gasteiger partial charge in [0.1, 0.15) is 48.3 Å². The number of H-pyrrole nitrogens is 1. The normalized spacial score (nSPS) is 14.7. The van der Waals surface area contributed by atoms with Crippen LogP contribution in [-0.4, -0.2) is 200 Å². The summed E-state index contributed by atoms with van der Waals surface area (Å²) in [4.78, 5) is 162. The van der Waals surface area contributed by atoms with E-state index in [1.54, 1.807) is 44.2 Å². The number of primary amides is 1. The number of aliphatic hydroxyl groups is 2. The molecule has 0 aliphatic rings. The monoisotopic (exact) mass is 1250 g/mol. The molecule has 10 amide bonds. The molecule has 0 aliphatic heterocycles. The van der Waals surface area contributed by atoms with E-state index in [4.69, 9.17) is 27.1 Å². The molecule has 0 aliphatic carbocycles. The third-order valence-electron chi connectivity index (χ3n) is 12.3. The maximum Gasteiger partial charge on any atom is 0.490 e. The van der Waals surface area contributed by atoms with Gasteiger partial charge in [0.2, 0.25) is 59.1 Å². The van der Waals surface area contributed by atoms with Crippen molar-refractivity contribution in [3.05, 3.63) is 54.1 Å². The molecule has 0 saturated carbocycles. The van der Waals surface area contributed by atoms with E-state index in [2.05, 4.69) is 57.8 Å². The number of hydrogen-bond acceptors (Lipinski definition) is 18. The number of unbranched alkanes of at least 4 members (excludes halogenated alkanes) is 1. The Morgan fingerprint density at radius 2 is 1.20 bits per heavy atom. The van der Waals surface area contributed by atoms with Crippen molar-refractivity contribution < 1.29 is 91.1 Å². The van der Waals surface area contributed by atoms with Crippen molar-refractivity contribution in [2.24, 2.45) is 29.0 Å². The molecule has 2 rings (SSSR count). The molecule has 30 nitrogen and oxygen atoms in total. The second-order valence-electron chi connectivity index (χ2n) is 20.4. The summed E-state index contributed by atoms with van der Waals surface area (Å²) >= 11 is 1.45. The molecule has 20 N–H and O–H groups in total. The third-order valence-corrected chi connectivity index (χ3v) is 12.9. The van der Waals surface area contributed by atoms with Gasteiger partial charge in [-0.2, -0.15) is 24.9 Å². The number of aliphatic carboxylic acids is 2. The topological polar surface area (TPSA) is 501 Å². The number of nitrogens with two attached hydrogens (primary N) is 3. The fourth-order valence-corrected chi connectivity index (χ4v) is 8.15. The molecule has 86 heavy (non-hydrogen) atoms. The van der Waals surface area contributed by atoms with Gasteiger partial charge in [0.25, 0.3) is 0 Å². The van der Waals surface area contributed by atoms with E-state index in [1.165, 1.54) is 24.3 Å². The molecule has 0 bridgehead atoms. The van der Waals surface area contributed by atoms with E-state index < -0.39 is 163 Å². The Hall–Kier alpha value is -7.95. The highest BCUT2D eigenvalue weighted by molar-refractivity contribution is 7.98. The highest BCUT2D eigenvalue weighted by Crippen LogP contribution is 2.14. The van der Waals surface area contributed by atoms with Crippen molar-refractivity contribution in [3.63, 3.8) is 0 Å². The summed E-state index contributed by atoms with van der Waals surface area (Å²) < 4.78 is 31.7. The van der Waals surface area contributed by atoms with Gasteiger partial charge in [-0.1, -0.05) is 58.0 Å². The van der Waals surface area contributed by atoms with Crippen LogP contribution in [0.2, 0.25) is 0 Å². The summed E-state index contributed by atoms with van der Waals surface area (Å²) in [5, 5.41) is 59.7. The number of alkyl halides is 3. The van der Waals surface area contributed by atoms with E-state index in [-0.39, 0.29) is 44.6 Å². The number of aliphatic hydroxyl groups excluding tert-OH is 2. The lowest BCUT2D eigenvalue weighted by Crippen LogP contribution is -2.62. The SMILES string of the molecule is CSCCC(NC(=O)C(CC(C)C)NC(=O)CNC(=O)C(NC(=O)C(Cc1ccccc1)NC(=O)C(CO)NC(=O)C(CC(=O)O)NC(=O)C(NC(=O)C(CCCCN)NC(=O)C(N)Cc1cnc[nH]1)C(C)O)C(C)C)C(N)=O.O=C(O)C(F)(F)F. The largest absolute Gasteiger partial charge is 0.490 e. The maximum absolute atomic E-state index is 14.1. The van der Waals surface area contributed by atoms with Gasteiger partial charge in [-0.3, -0.25) is 52.7 Å². The number of aromatic nitrogens is 2. The Morgan fingerprint density at radius 1 is 0.663 bits per heavy atom. The molecule has 34 heteroatoms. The first-order valence-corrected chi connectivity index (χ1v) is 28.4. The molecular formula is C52H81F3N14O16S. The van der Waals surface area contributed by atoms with Gasteiger partial charge in [-0.15, -0.1) is 0 Å². The zero-order valence-corrected chi connectivity index (χ0v) is 49.2. The number of aromatic amines is 1. The Kier molecular flexibility index (Phi) is 34.4. The Morgan fingerprint density at radius 3 is 1.71 bits per heavy atom. The van der Waals surface area contributed by atoms with Crippen LogP contribution >= 0.6 is 11.8 Å². The molecule has 10 unspecified atom stereocenters. The van der Waals surface area contributed by atoms with Crippen LogP contribution in [0.4, 0.5) is 13.2 Å². The summed E-state index contributed by atoms with van der Waals surface area (Å²) in [6.45, 7) is 6.44. The number of benzene rings is 1. The molecule has 0 spiro atoms. The minimum Gasteiger partial charge on any atom is -0.481 e. The highest BCUT2D eigenvalue weighted by atomic mass is 32.2. The fourth-order valence-electron chi connectivity index (χ4n) is 7.68. The number of carbonyl (C=O) groups excluding carboxylic acids is 10. The van der Waals surface area contributed by atoms with Crippen molar-refractivity contribution in [2.75, 3.05) is 31.7 Å². The predicted molar refractivity (Wildman–Crippen MR) is 303 cm³/mol. The number of carboxylic acids is 2. The maximum atomic E-state index is 14.1. The van der Waals surface area contributed by atoms with Crippen LogP contribution < -0.4 is 65.1 Å². The molecule has 0 fully saturated rings. The molecule has 0 saturated heterocycles. The minimum atomic E-state index is -5.08. The molecule has 10 atom stereocenters. The standard InChI is InChI=1S/C50H80N14O14S.C2HF3O2/c1-26(2)18-34(45(73)58-32(42(53)70)15-17-79-6)57-38(67)23-55-49(77)40(27(3)4)63-47(75)35(19-29-12-8-7-9-13-29)60-48(76)37(24-65)62-46(74)36(21-39(68)69)61-50(78)41(28(5)66)64-44(72)33(14-10-11-16-51)59-43(71)31(52)20-30-22-54-25-56-30;3-2(4,5)1(6)7/h7-9,12-13,22,25-28,31-37,40-41,65-66H,10-11,14-21,23-24,51-52H2,1-6H3,(H2,53,70)(H,54,56)(H,55,77)(H,57,67)(H,58,73)(H,59,71)(H,60,76)(H,61,78)(H,62,74)(H,63,75)(H,64,72)(H,68,69);(H,6,7). The first kappa shape index (κ1) is 76.1. The van der Waals surface area contributed by atoms with Gasteiger partial charge < -0.3 is 90.5 Å². The number of nitrogens with one attached hydrogen (secondary N) is 10. The van der Waals surface area contributed by atoms with Gasteiger partial charge in [0, 0.05) is 24.7 Å². The first-order chi connectivity index (χ1) is 40.3. The summed E-state index contributed by atoms with van der Waals surface area (Å²) in [6.07, 6.45) is -2.08. The van der Waals surface area contributed by atoms with Crippen molar-refractivity contribution in [1.82, 2.24) is 57.8 Å². The Bertz CT molecular complexity index is 2550. The van der Waals surface area contributed by atoms with Gasteiger partial charge >= 0.3 is 18.1 Å². The van der Waals surface area contributed by atoms with Gasteiger partial charge in [-0.05, 0) is 75.0 Å². The summed E-state index contributed by atoms with van der Waals surface area (Å²) in [5.74, 6) is -13.8. The van der Waals surface area contributed by atoms with E-state index in [0.717, 1.165) is 6.92 Å². The number of imidazole rings is 1. The fraction of sp³-hybridized carbons (Fsp3) is 0.596. The predicted octanol–water partition coefficient (Wildman–Crippen LogP) is -3.93. The number of rotatable bonds is 37. The highest BCUT2D eigenvalue weighted by Gasteiger charge is 2.39. The van der Waals surface area contributed by atoms with Gasteiger partial charge in [0.15, 0.2) is 0 Å². The van der Waals surface area contributed by atoms with Crippen molar-refractivity contribution in [1.29, 1.82) is 0 Å². The molecular weight excluding hydrogens is 1170 g/mol. The Balaban J connectivity index is 0.00000495. The summed E-state index contributed by atoms with van der Waals surface area (Å²) in [6, 6.07) is -4.78. The number of carbonyl (C=O) groups is 12. The minimum absolute atomic E-state index is 0.0288. The lowest BCUT2D eigenvalue weighted by Gasteiger charge is -2.28. The van der Waals surface area contributed by atoms with Gasteiger partial charge in [0.05, 0.1) is 38.0 Å². The van der Waals surface area contributed by atoms with E-state index in [1.807, 2.05) is 20.1 Å². The van der Waals surface area contributed by atoms with E-state index in [9.17, 15) is 81.2 Å². The second-order valence-corrected chi connectivity index (χ2v) is 21.3. The molecule has 1 aromatic heterocycles.